The number of rotatable bonds is 6. The SMILES string of the molecule is [2H]C(c1ccc2[nH]cc(C[C@H]3CCCN3C)c2c1)C([2H])S(=O)(=O)c1ccccc1. The minimum Gasteiger partial charge on any atom is -0.361 e. The van der Waals surface area contributed by atoms with E-state index in [1.807, 2.05) is 18.3 Å². The van der Waals surface area contributed by atoms with Crippen molar-refractivity contribution in [2.24, 2.45) is 0 Å². The summed E-state index contributed by atoms with van der Waals surface area (Å²) in [6.45, 7) is 1.12. The van der Waals surface area contributed by atoms with Gasteiger partial charge in [-0.1, -0.05) is 24.3 Å². The number of aromatic amines is 1. The van der Waals surface area contributed by atoms with Crippen LogP contribution in [0.15, 0.2) is 59.6 Å². The molecule has 27 heavy (non-hydrogen) atoms. The summed E-state index contributed by atoms with van der Waals surface area (Å²) in [6.07, 6.45) is 4.14. The molecule has 1 aromatic heterocycles. The third-order valence-corrected chi connectivity index (χ3v) is 6.85. The van der Waals surface area contributed by atoms with Gasteiger partial charge >= 0.3 is 0 Å². The van der Waals surface area contributed by atoms with Crippen molar-refractivity contribution < 1.29 is 11.2 Å². The summed E-state index contributed by atoms with van der Waals surface area (Å²) in [4.78, 5) is 5.75. The standard InChI is InChI=1S/C22H26N2O2S/c1-24-12-5-6-19(24)15-18-16-23-22-10-9-17(14-21(18)22)11-13-27(25,26)20-7-3-2-4-8-20/h2-4,7-10,14,16,19,23H,5-6,11-13,15H2,1H3/t19-/m1/s1/i11D,13D/t11?,13?,19-. The average Bonchev–Trinajstić information content (AvgIpc) is 3.33. The van der Waals surface area contributed by atoms with E-state index in [-0.39, 0.29) is 4.90 Å². The van der Waals surface area contributed by atoms with Crippen molar-refractivity contribution >= 4 is 20.7 Å². The van der Waals surface area contributed by atoms with Gasteiger partial charge in [-0.25, -0.2) is 8.42 Å². The number of aromatic nitrogens is 1. The molecule has 1 aliphatic rings. The number of hydrogen-bond donors (Lipinski definition) is 1. The fourth-order valence-electron chi connectivity index (χ4n) is 3.82. The summed E-state index contributed by atoms with van der Waals surface area (Å²) in [7, 11) is -1.75. The number of H-pyrrole nitrogens is 1. The molecule has 3 aromatic rings. The third-order valence-electron chi connectivity index (χ3n) is 5.43. The smallest absolute Gasteiger partial charge is 0.178 e. The Morgan fingerprint density at radius 1 is 1.22 bits per heavy atom. The molecule has 3 atom stereocenters. The van der Waals surface area contributed by atoms with Crippen LogP contribution in [0.5, 0.6) is 0 Å². The minimum absolute atomic E-state index is 0.0879. The molecular formula is C22H26N2O2S. The third kappa shape index (κ3) is 3.94. The van der Waals surface area contributed by atoms with Gasteiger partial charge in [0.05, 0.1) is 10.6 Å². The van der Waals surface area contributed by atoms with Crippen LogP contribution in [-0.4, -0.2) is 43.7 Å². The van der Waals surface area contributed by atoms with Crippen LogP contribution in [0.25, 0.3) is 10.9 Å². The van der Waals surface area contributed by atoms with Crippen molar-refractivity contribution in [2.45, 2.75) is 36.6 Å². The van der Waals surface area contributed by atoms with Crippen molar-refractivity contribution in [2.75, 3.05) is 19.3 Å². The molecule has 0 saturated carbocycles. The van der Waals surface area contributed by atoms with E-state index < -0.39 is 22.0 Å². The Balaban J connectivity index is 1.62. The quantitative estimate of drug-likeness (QED) is 0.703. The molecule has 1 aliphatic heterocycles. The Morgan fingerprint density at radius 3 is 2.78 bits per heavy atom. The molecule has 2 unspecified atom stereocenters. The van der Waals surface area contributed by atoms with Gasteiger partial charge < -0.3 is 9.88 Å². The van der Waals surface area contributed by atoms with Crippen LogP contribution in [0.2, 0.25) is 0 Å². The number of aryl methyl sites for hydroxylation is 1. The maximum Gasteiger partial charge on any atom is 0.178 e. The first-order chi connectivity index (χ1) is 13.9. The van der Waals surface area contributed by atoms with Crippen molar-refractivity contribution in [3.05, 3.63) is 65.9 Å². The Kier molecular flexibility index (Phi) is 4.41. The largest absolute Gasteiger partial charge is 0.361 e. The summed E-state index contributed by atoms with van der Waals surface area (Å²) < 4.78 is 42.3. The van der Waals surface area contributed by atoms with Crippen molar-refractivity contribution in [1.82, 2.24) is 9.88 Å². The van der Waals surface area contributed by atoms with Crippen LogP contribution in [0.3, 0.4) is 0 Å². The van der Waals surface area contributed by atoms with Crippen LogP contribution in [0.1, 0.15) is 26.7 Å². The number of nitrogens with one attached hydrogen (secondary N) is 1. The highest BCUT2D eigenvalue weighted by Gasteiger charge is 2.22. The molecule has 142 valence electrons. The lowest BCUT2D eigenvalue weighted by molar-refractivity contribution is 0.310. The molecule has 1 fully saturated rings. The molecular weight excluding hydrogens is 356 g/mol. The van der Waals surface area contributed by atoms with Gasteiger partial charge in [0.1, 0.15) is 0 Å². The Bertz CT molecular complexity index is 1100. The van der Waals surface area contributed by atoms with Gasteiger partial charge in [0.2, 0.25) is 0 Å². The van der Waals surface area contributed by atoms with Gasteiger partial charge in [0.15, 0.2) is 9.84 Å². The van der Waals surface area contributed by atoms with Gasteiger partial charge in [-0.15, -0.1) is 0 Å². The molecule has 4 nitrogen and oxygen atoms in total. The van der Waals surface area contributed by atoms with E-state index in [0.29, 0.717) is 11.6 Å². The summed E-state index contributed by atoms with van der Waals surface area (Å²) in [5.74, 6) is 0. The summed E-state index contributed by atoms with van der Waals surface area (Å²) in [5, 5.41) is 1.02. The molecule has 4 rings (SSSR count). The van der Waals surface area contributed by atoms with E-state index in [0.717, 1.165) is 23.9 Å². The number of likely N-dealkylation sites (tertiary alicyclic amines) is 1. The second-order valence-electron chi connectivity index (χ2n) is 7.26. The van der Waals surface area contributed by atoms with Crippen LogP contribution >= 0.6 is 0 Å². The zero-order chi connectivity index (χ0) is 20.6. The molecule has 1 saturated heterocycles. The topological polar surface area (TPSA) is 53.2 Å². The van der Waals surface area contributed by atoms with Gasteiger partial charge in [-0.2, -0.15) is 0 Å². The lowest BCUT2D eigenvalue weighted by Crippen LogP contribution is -2.26. The maximum absolute atomic E-state index is 12.8. The highest BCUT2D eigenvalue weighted by Crippen LogP contribution is 2.26. The second-order valence-corrected chi connectivity index (χ2v) is 9.09. The zero-order valence-electron chi connectivity index (χ0n) is 17.4. The van der Waals surface area contributed by atoms with Crippen LogP contribution in [0.4, 0.5) is 0 Å². The van der Waals surface area contributed by atoms with E-state index in [9.17, 15) is 8.42 Å². The Morgan fingerprint density at radius 2 is 2.04 bits per heavy atom. The monoisotopic (exact) mass is 384 g/mol. The normalized spacial score (nSPS) is 21.7. The molecule has 2 aromatic carbocycles. The summed E-state index contributed by atoms with van der Waals surface area (Å²) in [6, 6.07) is 14.0. The number of benzene rings is 2. The molecule has 0 amide bonds. The first-order valence-electron chi connectivity index (χ1n) is 10.5. The van der Waals surface area contributed by atoms with Gasteiger partial charge in [-0.05, 0) is 74.6 Å². The van der Waals surface area contributed by atoms with Crippen molar-refractivity contribution in [1.29, 1.82) is 0 Å². The van der Waals surface area contributed by atoms with E-state index in [2.05, 4.69) is 16.9 Å². The van der Waals surface area contributed by atoms with Crippen molar-refractivity contribution in [3.8, 4) is 0 Å². The first kappa shape index (κ1) is 15.9. The molecule has 1 N–H and O–H groups in total. The number of hydrogen-bond acceptors (Lipinski definition) is 3. The van der Waals surface area contributed by atoms with E-state index in [1.54, 1.807) is 24.3 Å². The van der Waals surface area contributed by atoms with E-state index in [4.69, 9.17) is 2.74 Å². The zero-order valence-corrected chi connectivity index (χ0v) is 16.2. The average molecular weight is 385 g/mol. The molecule has 5 heteroatoms. The Labute approximate surface area is 163 Å². The number of fused-ring (bicyclic) bond motifs is 1. The molecule has 0 spiro atoms. The van der Waals surface area contributed by atoms with Crippen LogP contribution < -0.4 is 0 Å². The number of sulfone groups is 1. The van der Waals surface area contributed by atoms with Gasteiger partial charge in [0, 0.05) is 25.9 Å². The number of nitrogens with zero attached hydrogens (tertiary/aromatic N) is 1. The fourth-order valence-corrected chi connectivity index (χ4v) is 4.85. The Hall–Kier alpha value is -2.11. The predicted molar refractivity (Wildman–Crippen MR) is 110 cm³/mol. The lowest BCUT2D eigenvalue weighted by atomic mass is 10.0. The first-order valence-corrected chi connectivity index (χ1v) is 10.9. The van der Waals surface area contributed by atoms with Gasteiger partial charge in [0.25, 0.3) is 0 Å². The van der Waals surface area contributed by atoms with Crippen LogP contribution in [0, 0.1) is 0 Å². The minimum atomic E-state index is -3.90. The summed E-state index contributed by atoms with van der Waals surface area (Å²) in [5.41, 5.74) is 1.13. The van der Waals surface area contributed by atoms with Crippen molar-refractivity contribution in [3.63, 3.8) is 0 Å². The molecule has 0 aliphatic carbocycles. The second kappa shape index (κ2) is 7.49. The van der Waals surface area contributed by atoms with Gasteiger partial charge in [-0.3, -0.25) is 0 Å². The molecule has 0 bridgehead atoms. The molecule has 2 heterocycles. The summed E-state index contributed by atoms with van der Waals surface area (Å²) >= 11 is 0. The predicted octanol–water partition coefficient (Wildman–Crippen LogP) is 3.82. The van der Waals surface area contributed by atoms with Crippen LogP contribution in [-0.2, 0) is 22.7 Å². The van der Waals surface area contributed by atoms with E-state index >= 15 is 0 Å². The van der Waals surface area contributed by atoms with E-state index in [1.165, 1.54) is 30.5 Å². The highest BCUT2D eigenvalue weighted by molar-refractivity contribution is 7.91. The highest BCUT2D eigenvalue weighted by atomic mass is 32.2. The lowest BCUT2D eigenvalue weighted by Gasteiger charge is -2.18. The maximum atomic E-state index is 12.8. The molecule has 0 radical (unpaired) electrons. The number of likely N-dealkylation sites (N-methyl/N-ethyl adjacent to an activating group) is 1. The fraction of sp³-hybridized carbons (Fsp3) is 0.364.